The van der Waals surface area contributed by atoms with Gasteiger partial charge >= 0.3 is 5.97 Å². The standard InChI is InChI=1S/C15H13BrClNO2/c1-20-15(19)13-8-12(6-7-14(13)17)18-9-10-2-4-11(16)5-3-10/h2-8,18H,9H2,1H3. The summed E-state index contributed by atoms with van der Waals surface area (Å²) < 4.78 is 5.73. The molecule has 0 saturated carbocycles. The summed E-state index contributed by atoms with van der Waals surface area (Å²) in [5.41, 5.74) is 2.32. The maximum Gasteiger partial charge on any atom is 0.339 e. The number of rotatable bonds is 4. The lowest BCUT2D eigenvalue weighted by Gasteiger charge is -2.09. The van der Waals surface area contributed by atoms with Crippen LogP contribution in [0.5, 0.6) is 0 Å². The Morgan fingerprint density at radius 1 is 1.25 bits per heavy atom. The van der Waals surface area contributed by atoms with E-state index in [2.05, 4.69) is 21.2 Å². The molecule has 2 rings (SSSR count). The largest absolute Gasteiger partial charge is 0.465 e. The van der Waals surface area contributed by atoms with Crippen molar-refractivity contribution < 1.29 is 9.53 Å². The van der Waals surface area contributed by atoms with E-state index in [0.717, 1.165) is 15.7 Å². The first-order chi connectivity index (χ1) is 9.60. The van der Waals surface area contributed by atoms with Crippen molar-refractivity contribution in [2.75, 3.05) is 12.4 Å². The third-order valence-corrected chi connectivity index (χ3v) is 3.64. The molecule has 0 amide bonds. The molecule has 0 radical (unpaired) electrons. The first-order valence-corrected chi connectivity index (χ1v) is 7.13. The zero-order valence-corrected chi connectivity index (χ0v) is 13.2. The number of nitrogens with one attached hydrogen (secondary N) is 1. The van der Waals surface area contributed by atoms with Crippen molar-refractivity contribution in [1.82, 2.24) is 0 Å². The molecule has 0 bridgehead atoms. The quantitative estimate of drug-likeness (QED) is 0.822. The summed E-state index contributed by atoms with van der Waals surface area (Å²) >= 11 is 9.37. The van der Waals surface area contributed by atoms with E-state index in [0.29, 0.717) is 17.1 Å². The topological polar surface area (TPSA) is 38.3 Å². The fourth-order valence-corrected chi connectivity index (χ4v) is 2.17. The molecule has 3 nitrogen and oxygen atoms in total. The van der Waals surface area contributed by atoms with E-state index in [9.17, 15) is 4.79 Å². The van der Waals surface area contributed by atoms with Gasteiger partial charge in [0.05, 0.1) is 17.7 Å². The van der Waals surface area contributed by atoms with Crippen LogP contribution in [0.25, 0.3) is 0 Å². The van der Waals surface area contributed by atoms with Crippen molar-refractivity contribution in [3.8, 4) is 0 Å². The van der Waals surface area contributed by atoms with E-state index in [1.54, 1.807) is 12.1 Å². The van der Waals surface area contributed by atoms with Crippen molar-refractivity contribution in [2.24, 2.45) is 0 Å². The molecule has 104 valence electrons. The summed E-state index contributed by atoms with van der Waals surface area (Å²) in [5, 5.41) is 3.63. The fourth-order valence-electron chi connectivity index (χ4n) is 1.71. The van der Waals surface area contributed by atoms with Crippen LogP contribution in [0.2, 0.25) is 5.02 Å². The minimum absolute atomic E-state index is 0.356. The number of carbonyl (C=O) groups is 1. The zero-order valence-electron chi connectivity index (χ0n) is 10.8. The Hall–Kier alpha value is -1.52. The highest BCUT2D eigenvalue weighted by atomic mass is 79.9. The molecule has 0 heterocycles. The zero-order chi connectivity index (χ0) is 14.5. The van der Waals surface area contributed by atoms with Gasteiger partial charge in [-0.05, 0) is 35.9 Å². The molecular formula is C15H13BrClNO2. The van der Waals surface area contributed by atoms with Gasteiger partial charge in [-0.3, -0.25) is 0 Å². The molecule has 0 atom stereocenters. The van der Waals surface area contributed by atoms with Gasteiger partial charge in [-0.25, -0.2) is 4.79 Å². The summed E-state index contributed by atoms with van der Waals surface area (Å²) in [6.07, 6.45) is 0. The van der Waals surface area contributed by atoms with Crippen LogP contribution in [-0.4, -0.2) is 13.1 Å². The number of anilines is 1. The highest BCUT2D eigenvalue weighted by molar-refractivity contribution is 9.10. The van der Waals surface area contributed by atoms with Gasteiger partial charge in [-0.15, -0.1) is 0 Å². The molecule has 0 saturated heterocycles. The summed E-state index contributed by atoms with van der Waals surface area (Å²) in [5.74, 6) is -0.442. The number of carbonyl (C=O) groups excluding carboxylic acids is 1. The summed E-state index contributed by atoms with van der Waals surface area (Å²) in [6, 6.07) is 13.2. The second-order valence-electron chi connectivity index (χ2n) is 4.17. The first-order valence-electron chi connectivity index (χ1n) is 5.96. The number of hydrogen-bond donors (Lipinski definition) is 1. The number of halogens is 2. The Balaban J connectivity index is 2.10. The Bertz CT molecular complexity index is 614. The Labute approximate surface area is 131 Å². The van der Waals surface area contributed by atoms with Gasteiger partial charge in [0, 0.05) is 16.7 Å². The van der Waals surface area contributed by atoms with Crippen molar-refractivity contribution in [3.63, 3.8) is 0 Å². The predicted octanol–water partition coefficient (Wildman–Crippen LogP) is 4.50. The minimum Gasteiger partial charge on any atom is -0.465 e. The first kappa shape index (κ1) is 14.9. The maximum absolute atomic E-state index is 11.6. The number of ether oxygens (including phenoxy) is 1. The van der Waals surface area contributed by atoms with Crippen molar-refractivity contribution >= 4 is 39.2 Å². The van der Waals surface area contributed by atoms with E-state index in [4.69, 9.17) is 16.3 Å². The molecule has 5 heteroatoms. The average Bonchev–Trinajstić information content (AvgIpc) is 2.47. The Morgan fingerprint density at radius 2 is 1.95 bits per heavy atom. The lowest BCUT2D eigenvalue weighted by molar-refractivity contribution is 0.0601. The van der Waals surface area contributed by atoms with Gasteiger partial charge in [-0.2, -0.15) is 0 Å². The normalized spacial score (nSPS) is 10.2. The third kappa shape index (κ3) is 3.74. The molecule has 0 aliphatic heterocycles. The summed E-state index contributed by atoms with van der Waals surface area (Å²) in [7, 11) is 1.33. The molecule has 2 aromatic rings. The molecule has 0 spiro atoms. The van der Waals surface area contributed by atoms with Gasteiger partial charge in [0.1, 0.15) is 0 Å². The predicted molar refractivity (Wildman–Crippen MR) is 84.3 cm³/mol. The van der Waals surface area contributed by atoms with E-state index in [1.165, 1.54) is 7.11 Å². The second-order valence-corrected chi connectivity index (χ2v) is 5.49. The number of benzene rings is 2. The smallest absolute Gasteiger partial charge is 0.339 e. The second kappa shape index (κ2) is 6.77. The molecule has 0 unspecified atom stereocenters. The highest BCUT2D eigenvalue weighted by Crippen LogP contribution is 2.22. The van der Waals surface area contributed by atoms with Crippen LogP contribution < -0.4 is 5.32 Å². The number of methoxy groups -OCH3 is 1. The van der Waals surface area contributed by atoms with Crippen molar-refractivity contribution in [1.29, 1.82) is 0 Å². The Kier molecular flexibility index (Phi) is 5.04. The van der Waals surface area contributed by atoms with Crippen LogP contribution in [0.1, 0.15) is 15.9 Å². The van der Waals surface area contributed by atoms with Gasteiger partial charge in [0.2, 0.25) is 0 Å². The van der Waals surface area contributed by atoms with E-state index < -0.39 is 5.97 Å². The van der Waals surface area contributed by atoms with Crippen molar-refractivity contribution in [2.45, 2.75) is 6.54 Å². The molecule has 2 aromatic carbocycles. The van der Waals surface area contributed by atoms with Crippen LogP contribution in [-0.2, 0) is 11.3 Å². The SMILES string of the molecule is COC(=O)c1cc(NCc2ccc(Br)cc2)ccc1Cl. The monoisotopic (exact) mass is 353 g/mol. The molecule has 0 aliphatic rings. The van der Waals surface area contributed by atoms with Crippen LogP contribution >= 0.6 is 27.5 Å². The lowest BCUT2D eigenvalue weighted by Crippen LogP contribution is -2.04. The van der Waals surface area contributed by atoms with Gasteiger partial charge in [0.25, 0.3) is 0 Å². The number of hydrogen-bond acceptors (Lipinski definition) is 3. The maximum atomic E-state index is 11.6. The van der Waals surface area contributed by atoms with Crippen molar-refractivity contribution in [3.05, 3.63) is 63.1 Å². The summed E-state index contributed by atoms with van der Waals surface area (Å²) in [6.45, 7) is 0.662. The fraction of sp³-hybridized carbons (Fsp3) is 0.133. The van der Waals surface area contributed by atoms with E-state index in [1.807, 2.05) is 30.3 Å². The average molecular weight is 355 g/mol. The highest BCUT2D eigenvalue weighted by Gasteiger charge is 2.11. The van der Waals surface area contributed by atoms with Crippen LogP contribution in [0.15, 0.2) is 46.9 Å². The molecule has 0 fully saturated rings. The molecule has 0 aliphatic carbocycles. The third-order valence-electron chi connectivity index (χ3n) is 2.78. The number of esters is 1. The molecular weight excluding hydrogens is 342 g/mol. The Morgan fingerprint density at radius 3 is 2.60 bits per heavy atom. The van der Waals surface area contributed by atoms with Crippen LogP contribution in [0.4, 0.5) is 5.69 Å². The molecule has 1 N–H and O–H groups in total. The molecule has 0 aromatic heterocycles. The van der Waals surface area contributed by atoms with E-state index in [-0.39, 0.29) is 0 Å². The van der Waals surface area contributed by atoms with E-state index >= 15 is 0 Å². The van der Waals surface area contributed by atoms with Gasteiger partial charge < -0.3 is 10.1 Å². The lowest BCUT2D eigenvalue weighted by atomic mass is 10.2. The van der Waals surface area contributed by atoms with Crippen LogP contribution in [0.3, 0.4) is 0 Å². The van der Waals surface area contributed by atoms with Crippen LogP contribution in [0, 0.1) is 0 Å². The van der Waals surface area contributed by atoms with Gasteiger partial charge in [-0.1, -0.05) is 39.7 Å². The van der Waals surface area contributed by atoms with Gasteiger partial charge in [0.15, 0.2) is 0 Å². The summed E-state index contributed by atoms with van der Waals surface area (Å²) in [4.78, 5) is 11.6. The molecule has 20 heavy (non-hydrogen) atoms. The minimum atomic E-state index is -0.442.